The molecule has 0 N–H and O–H groups in total. The first-order chi connectivity index (χ1) is 16.5. The Morgan fingerprint density at radius 3 is 2.54 bits per heavy atom. The van der Waals surface area contributed by atoms with E-state index in [1.807, 2.05) is 0 Å². The number of amides is 1. The van der Waals surface area contributed by atoms with E-state index in [1.54, 1.807) is 32.9 Å². The maximum Gasteiger partial charge on any atom is 0.416 e. The maximum atomic E-state index is 13.9. The van der Waals surface area contributed by atoms with Crippen LogP contribution in [-0.4, -0.2) is 33.3 Å². The van der Waals surface area contributed by atoms with Crippen LogP contribution in [0.25, 0.3) is 11.4 Å². The Balaban J connectivity index is 1.52. The van der Waals surface area contributed by atoms with Gasteiger partial charge in [-0.05, 0) is 64.0 Å². The van der Waals surface area contributed by atoms with Crippen LogP contribution >= 0.6 is 0 Å². The van der Waals surface area contributed by atoms with E-state index in [1.165, 1.54) is 24.2 Å². The first-order valence-electron chi connectivity index (χ1n) is 12.5. The molecular formula is C26H34F3N3O3. The highest BCUT2D eigenvalue weighted by Gasteiger charge is 2.37. The summed E-state index contributed by atoms with van der Waals surface area (Å²) in [7, 11) is 0. The molecule has 2 heterocycles. The maximum absolute atomic E-state index is 13.9. The number of benzene rings is 1. The molecule has 2 aromatic rings. The zero-order valence-electron chi connectivity index (χ0n) is 20.7. The molecule has 1 aliphatic heterocycles. The molecule has 1 amide bonds. The highest BCUT2D eigenvalue weighted by molar-refractivity contribution is 5.69. The van der Waals surface area contributed by atoms with Crippen molar-refractivity contribution in [3.8, 4) is 11.4 Å². The zero-order chi connectivity index (χ0) is 25.2. The van der Waals surface area contributed by atoms with Crippen molar-refractivity contribution in [2.45, 2.75) is 96.4 Å². The van der Waals surface area contributed by atoms with Crippen LogP contribution in [0.3, 0.4) is 0 Å². The standard InChI is InChI=1S/C26H34F3N3O3/c1-25(2,3)34-24(33)32-15-7-10-21(32)23-30-22(31-35-23)19-14-13-18(20(16-19)26(27,28)29)12-11-17-8-5-4-6-9-17/h13-14,16-17,21H,4-12,15H2,1-3H3/t21-/m0/s1. The number of halogens is 3. The lowest BCUT2D eigenvalue weighted by Gasteiger charge is -2.26. The molecule has 0 bridgehead atoms. The second kappa shape index (κ2) is 10.2. The van der Waals surface area contributed by atoms with Gasteiger partial charge in [0.1, 0.15) is 11.6 Å². The molecule has 1 saturated heterocycles. The second-order valence-electron chi connectivity index (χ2n) is 10.7. The van der Waals surface area contributed by atoms with Crippen molar-refractivity contribution in [2.24, 2.45) is 5.92 Å². The average Bonchev–Trinajstić information content (AvgIpc) is 3.46. The van der Waals surface area contributed by atoms with Gasteiger partial charge in [0.2, 0.25) is 11.7 Å². The Morgan fingerprint density at radius 1 is 1.11 bits per heavy atom. The van der Waals surface area contributed by atoms with E-state index < -0.39 is 29.5 Å². The van der Waals surface area contributed by atoms with Gasteiger partial charge < -0.3 is 9.26 Å². The third-order valence-electron chi connectivity index (χ3n) is 6.83. The van der Waals surface area contributed by atoms with Crippen molar-refractivity contribution >= 4 is 6.09 Å². The first kappa shape index (κ1) is 25.5. The Kier molecular flexibility index (Phi) is 7.43. The number of likely N-dealkylation sites (tertiary alicyclic amines) is 1. The quantitative estimate of drug-likeness (QED) is 0.436. The molecule has 1 aromatic heterocycles. The Morgan fingerprint density at radius 2 is 1.86 bits per heavy atom. The zero-order valence-corrected chi connectivity index (χ0v) is 20.7. The molecule has 1 saturated carbocycles. The molecule has 192 valence electrons. The minimum Gasteiger partial charge on any atom is -0.444 e. The minimum absolute atomic E-state index is 0.0837. The van der Waals surface area contributed by atoms with Gasteiger partial charge in [-0.3, -0.25) is 4.90 Å². The van der Waals surface area contributed by atoms with Crippen LogP contribution < -0.4 is 0 Å². The van der Waals surface area contributed by atoms with Crippen LogP contribution in [0.1, 0.15) is 95.2 Å². The fourth-order valence-corrected chi connectivity index (χ4v) is 5.08. The molecule has 1 aliphatic carbocycles. The number of alkyl halides is 3. The Hall–Kier alpha value is -2.58. The monoisotopic (exact) mass is 493 g/mol. The van der Waals surface area contributed by atoms with Crippen LogP contribution in [0.5, 0.6) is 0 Å². The van der Waals surface area contributed by atoms with E-state index in [-0.39, 0.29) is 17.3 Å². The van der Waals surface area contributed by atoms with Crippen LogP contribution in [0.15, 0.2) is 22.7 Å². The highest BCUT2D eigenvalue weighted by Crippen LogP contribution is 2.38. The van der Waals surface area contributed by atoms with E-state index >= 15 is 0 Å². The normalized spacial score (nSPS) is 19.8. The SMILES string of the molecule is CC(C)(C)OC(=O)N1CCC[C@H]1c1nc(-c2ccc(CCC3CCCCC3)c(C(F)(F)F)c2)no1. The van der Waals surface area contributed by atoms with E-state index in [4.69, 9.17) is 9.26 Å². The minimum atomic E-state index is -4.47. The van der Waals surface area contributed by atoms with Crippen LogP contribution in [-0.2, 0) is 17.3 Å². The second-order valence-corrected chi connectivity index (χ2v) is 10.7. The molecule has 1 atom stereocenters. The van der Waals surface area contributed by atoms with Gasteiger partial charge in [0.05, 0.1) is 5.56 Å². The number of aromatic nitrogens is 2. The predicted molar refractivity (Wildman–Crippen MR) is 125 cm³/mol. The number of ether oxygens (including phenoxy) is 1. The van der Waals surface area contributed by atoms with Gasteiger partial charge >= 0.3 is 12.3 Å². The molecule has 0 spiro atoms. The summed E-state index contributed by atoms with van der Waals surface area (Å²) in [5.74, 6) is 0.794. The number of carbonyl (C=O) groups is 1. The number of hydrogen-bond acceptors (Lipinski definition) is 5. The molecule has 2 fully saturated rings. The average molecular weight is 494 g/mol. The molecule has 2 aliphatic rings. The molecule has 0 unspecified atom stereocenters. The number of nitrogens with zero attached hydrogens (tertiary/aromatic N) is 3. The molecule has 6 nitrogen and oxygen atoms in total. The highest BCUT2D eigenvalue weighted by atomic mass is 19.4. The first-order valence-corrected chi connectivity index (χ1v) is 12.5. The largest absolute Gasteiger partial charge is 0.444 e. The van der Waals surface area contributed by atoms with Gasteiger partial charge in [0.15, 0.2) is 0 Å². The smallest absolute Gasteiger partial charge is 0.416 e. The molecule has 1 aromatic carbocycles. The lowest BCUT2D eigenvalue weighted by Crippen LogP contribution is -2.36. The van der Waals surface area contributed by atoms with E-state index in [2.05, 4.69) is 10.1 Å². The van der Waals surface area contributed by atoms with E-state index in [0.717, 1.165) is 31.7 Å². The summed E-state index contributed by atoms with van der Waals surface area (Å²) in [6, 6.07) is 3.83. The summed E-state index contributed by atoms with van der Waals surface area (Å²) in [6.45, 7) is 5.86. The van der Waals surface area contributed by atoms with Gasteiger partial charge in [-0.15, -0.1) is 0 Å². The topological polar surface area (TPSA) is 68.5 Å². The predicted octanol–water partition coefficient (Wildman–Crippen LogP) is 7.34. The number of carbonyl (C=O) groups excluding carboxylic acids is 1. The van der Waals surface area contributed by atoms with Gasteiger partial charge in [-0.1, -0.05) is 49.4 Å². The third kappa shape index (κ3) is 6.35. The van der Waals surface area contributed by atoms with Crippen molar-refractivity contribution in [1.82, 2.24) is 15.0 Å². The summed E-state index contributed by atoms with van der Waals surface area (Å²) in [5.41, 5.74) is -0.733. The fraction of sp³-hybridized carbons (Fsp3) is 0.654. The molecular weight excluding hydrogens is 459 g/mol. The Bertz CT molecular complexity index is 1020. The fourth-order valence-electron chi connectivity index (χ4n) is 5.08. The van der Waals surface area contributed by atoms with Crippen molar-refractivity contribution < 1.29 is 27.2 Å². The van der Waals surface area contributed by atoms with Gasteiger partial charge in [-0.2, -0.15) is 18.2 Å². The van der Waals surface area contributed by atoms with E-state index in [0.29, 0.717) is 30.9 Å². The lowest BCUT2D eigenvalue weighted by atomic mass is 9.84. The van der Waals surface area contributed by atoms with Gasteiger partial charge in [0, 0.05) is 12.1 Å². The Labute approximate surface area is 204 Å². The summed E-state index contributed by atoms with van der Waals surface area (Å²) in [5, 5.41) is 3.94. The van der Waals surface area contributed by atoms with Gasteiger partial charge in [0.25, 0.3) is 0 Å². The summed E-state index contributed by atoms with van der Waals surface area (Å²) in [6.07, 6.45) is 3.38. The van der Waals surface area contributed by atoms with Crippen LogP contribution in [0.4, 0.5) is 18.0 Å². The summed E-state index contributed by atoms with van der Waals surface area (Å²) >= 11 is 0. The number of aryl methyl sites for hydroxylation is 1. The van der Waals surface area contributed by atoms with Crippen molar-refractivity contribution in [3.63, 3.8) is 0 Å². The van der Waals surface area contributed by atoms with Crippen molar-refractivity contribution in [1.29, 1.82) is 0 Å². The molecule has 4 rings (SSSR count). The van der Waals surface area contributed by atoms with Crippen molar-refractivity contribution in [2.75, 3.05) is 6.54 Å². The number of hydrogen-bond donors (Lipinski definition) is 0. The molecule has 9 heteroatoms. The van der Waals surface area contributed by atoms with E-state index in [9.17, 15) is 18.0 Å². The third-order valence-corrected chi connectivity index (χ3v) is 6.83. The lowest BCUT2D eigenvalue weighted by molar-refractivity contribution is -0.138. The molecule has 0 radical (unpaired) electrons. The van der Waals surface area contributed by atoms with Gasteiger partial charge in [-0.25, -0.2) is 4.79 Å². The number of rotatable bonds is 5. The van der Waals surface area contributed by atoms with Crippen molar-refractivity contribution in [3.05, 3.63) is 35.2 Å². The molecule has 35 heavy (non-hydrogen) atoms. The summed E-state index contributed by atoms with van der Waals surface area (Å²) < 4.78 is 52.6. The van der Waals surface area contributed by atoms with Crippen LogP contribution in [0.2, 0.25) is 0 Å². The summed E-state index contributed by atoms with van der Waals surface area (Å²) in [4.78, 5) is 18.5. The van der Waals surface area contributed by atoms with Crippen LogP contribution in [0, 0.1) is 5.92 Å².